The SMILES string of the molecule is CCOCCN(C)c1ncc(CO)c(C)n1. The first-order chi connectivity index (χ1) is 7.69. The maximum absolute atomic E-state index is 9.01. The fraction of sp³-hybridized carbons (Fsp3) is 0.636. The Kier molecular flexibility index (Phi) is 5.14. The van der Waals surface area contributed by atoms with Crippen LogP contribution in [0.4, 0.5) is 5.95 Å². The van der Waals surface area contributed by atoms with Crippen molar-refractivity contribution in [3.05, 3.63) is 17.5 Å². The van der Waals surface area contributed by atoms with Crippen LogP contribution in [-0.4, -0.2) is 41.9 Å². The molecule has 0 radical (unpaired) electrons. The minimum Gasteiger partial charge on any atom is -0.392 e. The van der Waals surface area contributed by atoms with E-state index in [9.17, 15) is 0 Å². The average molecular weight is 225 g/mol. The first-order valence-corrected chi connectivity index (χ1v) is 5.41. The molecule has 0 saturated heterocycles. The molecule has 90 valence electrons. The molecule has 0 aliphatic carbocycles. The summed E-state index contributed by atoms with van der Waals surface area (Å²) in [6, 6.07) is 0. The minimum atomic E-state index is -0.0191. The molecule has 5 heteroatoms. The van der Waals surface area contributed by atoms with Crippen molar-refractivity contribution in [2.45, 2.75) is 20.5 Å². The predicted octanol–water partition coefficient (Wildman–Crippen LogP) is 0.750. The summed E-state index contributed by atoms with van der Waals surface area (Å²) in [6.45, 7) is 5.96. The molecule has 0 saturated carbocycles. The molecule has 1 heterocycles. The van der Waals surface area contributed by atoms with E-state index in [1.165, 1.54) is 0 Å². The van der Waals surface area contributed by atoms with Crippen LogP contribution in [0, 0.1) is 6.92 Å². The van der Waals surface area contributed by atoms with Crippen LogP contribution in [-0.2, 0) is 11.3 Å². The lowest BCUT2D eigenvalue weighted by atomic mass is 10.2. The van der Waals surface area contributed by atoms with E-state index in [1.807, 2.05) is 25.8 Å². The third kappa shape index (κ3) is 3.43. The lowest BCUT2D eigenvalue weighted by molar-refractivity contribution is 0.154. The highest BCUT2D eigenvalue weighted by Gasteiger charge is 2.06. The number of aryl methyl sites for hydroxylation is 1. The van der Waals surface area contributed by atoms with Gasteiger partial charge in [-0.15, -0.1) is 0 Å². The number of aliphatic hydroxyl groups excluding tert-OH is 1. The summed E-state index contributed by atoms with van der Waals surface area (Å²) in [4.78, 5) is 10.4. The molecule has 1 N–H and O–H groups in total. The number of hydrogen-bond acceptors (Lipinski definition) is 5. The molecule has 0 amide bonds. The van der Waals surface area contributed by atoms with Gasteiger partial charge in [0.15, 0.2) is 0 Å². The van der Waals surface area contributed by atoms with Crippen molar-refractivity contribution in [3.63, 3.8) is 0 Å². The molecule has 1 rings (SSSR count). The van der Waals surface area contributed by atoms with Gasteiger partial charge in [0.05, 0.1) is 13.2 Å². The second-order valence-corrected chi connectivity index (χ2v) is 3.56. The van der Waals surface area contributed by atoms with Gasteiger partial charge in [-0.2, -0.15) is 0 Å². The van der Waals surface area contributed by atoms with Gasteiger partial charge in [0.1, 0.15) is 0 Å². The molecule has 16 heavy (non-hydrogen) atoms. The van der Waals surface area contributed by atoms with Crippen LogP contribution in [0.5, 0.6) is 0 Å². The van der Waals surface area contributed by atoms with Crippen molar-refractivity contribution in [1.82, 2.24) is 9.97 Å². The largest absolute Gasteiger partial charge is 0.392 e. The Bertz CT molecular complexity index is 331. The first-order valence-electron chi connectivity index (χ1n) is 5.41. The Morgan fingerprint density at radius 3 is 2.81 bits per heavy atom. The number of aromatic nitrogens is 2. The quantitative estimate of drug-likeness (QED) is 0.724. The molecular formula is C11H19N3O2. The number of hydrogen-bond donors (Lipinski definition) is 1. The summed E-state index contributed by atoms with van der Waals surface area (Å²) in [7, 11) is 1.92. The molecule has 1 aromatic rings. The molecule has 0 bridgehead atoms. The van der Waals surface area contributed by atoms with E-state index in [2.05, 4.69) is 9.97 Å². The third-order valence-electron chi connectivity index (χ3n) is 2.36. The van der Waals surface area contributed by atoms with Crippen molar-refractivity contribution in [2.75, 3.05) is 31.7 Å². The van der Waals surface area contributed by atoms with Gasteiger partial charge in [0.2, 0.25) is 5.95 Å². The summed E-state index contributed by atoms with van der Waals surface area (Å²) < 4.78 is 5.26. The van der Waals surface area contributed by atoms with Crippen LogP contribution >= 0.6 is 0 Å². The van der Waals surface area contributed by atoms with Crippen LogP contribution < -0.4 is 4.90 Å². The fourth-order valence-corrected chi connectivity index (χ4v) is 1.26. The molecule has 0 spiro atoms. The van der Waals surface area contributed by atoms with Gasteiger partial charge in [0, 0.05) is 37.7 Å². The summed E-state index contributed by atoms with van der Waals surface area (Å²) in [5.41, 5.74) is 1.58. The van der Waals surface area contributed by atoms with E-state index >= 15 is 0 Å². The van der Waals surface area contributed by atoms with E-state index in [0.717, 1.165) is 24.4 Å². The summed E-state index contributed by atoms with van der Waals surface area (Å²) in [5.74, 6) is 0.661. The number of nitrogens with zero attached hydrogens (tertiary/aromatic N) is 3. The zero-order valence-corrected chi connectivity index (χ0v) is 10.1. The van der Waals surface area contributed by atoms with Crippen LogP contribution in [0.25, 0.3) is 0 Å². The third-order valence-corrected chi connectivity index (χ3v) is 2.36. The maximum atomic E-state index is 9.01. The topological polar surface area (TPSA) is 58.5 Å². The highest BCUT2D eigenvalue weighted by Crippen LogP contribution is 2.09. The van der Waals surface area contributed by atoms with Gasteiger partial charge < -0.3 is 14.7 Å². The van der Waals surface area contributed by atoms with Crippen molar-refractivity contribution < 1.29 is 9.84 Å². The molecular weight excluding hydrogens is 206 g/mol. The smallest absolute Gasteiger partial charge is 0.225 e. The Balaban J connectivity index is 2.62. The molecule has 0 fully saturated rings. The van der Waals surface area contributed by atoms with E-state index in [1.54, 1.807) is 6.20 Å². The number of aliphatic hydroxyl groups is 1. The first kappa shape index (κ1) is 12.9. The Morgan fingerprint density at radius 2 is 2.25 bits per heavy atom. The molecule has 0 aliphatic rings. The molecule has 0 atom stereocenters. The number of anilines is 1. The molecule has 5 nitrogen and oxygen atoms in total. The Morgan fingerprint density at radius 1 is 1.50 bits per heavy atom. The van der Waals surface area contributed by atoms with Crippen LogP contribution in [0.3, 0.4) is 0 Å². The molecule has 0 unspecified atom stereocenters. The average Bonchev–Trinajstić information content (AvgIpc) is 2.29. The lowest BCUT2D eigenvalue weighted by Crippen LogP contribution is -2.25. The van der Waals surface area contributed by atoms with Gasteiger partial charge in [-0.05, 0) is 13.8 Å². The number of ether oxygens (including phenoxy) is 1. The molecule has 0 aromatic carbocycles. The van der Waals surface area contributed by atoms with Gasteiger partial charge in [-0.25, -0.2) is 9.97 Å². The van der Waals surface area contributed by atoms with E-state index in [0.29, 0.717) is 12.6 Å². The van der Waals surface area contributed by atoms with Gasteiger partial charge >= 0.3 is 0 Å². The number of likely N-dealkylation sites (N-methyl/N-ethyl adjacent to an activating group) is 1. The van der Waals surface area contributed by atoms with Crippen molar-refractivity contribution in [3.8, 4) is 0 Å². The Labute approximate surface area is 96.1 Å². The summed E-state index contributed by atoms with van der Waals surface area (Å²) in [6.07, 6.45) is 1.66. The van der Waals surface area contributed by atoms with Crippen molar-refractivity contribution in [2.24, 2.45) is 0 Å². The highest BCUT2D eigenvalue weighted by atomic mass is 16.5. The van der Waals surface area contributed by atoms with E-state index in [-0.39, 0.29) is 6.61 Å². The lowest BCUT2D eigenvalue weighted by Gasteiger charge is -2.17. The predicted molar refractivity (Wildman–Crippen MR) is 62.5 cm³/mol. The van der Waals surface area contributed by atoms with Gasteiger partial charge in [-0.3, -0.25) is 0 Å². The van der Waals surface area contributed by atoms with Gasteiger partial charge in [0.25, 0.3) is 0 Å². The minimum absolute atomic E-state index is 0.0191. The second-order valence-electron chi connectivity index (χ2n) is 3.56. The summed E-state index contributed by atoms with van der Waals surface area (Å²) in [5, 5.41) is 9.01. The Hall–Kier alpha value is -1.20. The molecule has 0 aliphatic heterocycles. The second kappa shape index (κ2) is 6.40. The molecule has 1 aromatic heterocycles. The maximum Gasteiger partial charge on any atom is 0.225 e. The zero-order chi connectivity index (χ0) is 12.0. The fourth-order valence-electron chi connectivity index (χ4n) is 1.26. The summed E-state index contributed by atoms with van der Waals surface area (Å²) >= 11 is 0. The van der Waals surface area contributed by atoms with E-state index < -0.39 is 0 Å². The van der Waals surface area contributed by atoms with Crippen molar-refractivity contribution in [1.29, 1.82) is 0 Å². The van der Waals surface area contributed by atoms with E-state index in [4.69, 9.17) is 9.84 Å². The zero-order valence-electron chi connectivity index (χ0n) is 10.1. The highest BCUT2D eigenvalue weighted by molar-refractivity contribution is 5.31. The van der Waals surface area contributed by atoms with Gasteiger partial charge in [-0.1, -0.05) is 0 Å². The standard InChI is InChI=1S/C11H19N3O2/c1-4-16-6-5-14(3)11-12-7-10(8-15)9(2)13-11/h7,15H,4-6,8H2,1-3H3. The normalized spacial score (nSPS) is 10.5. The van der Waals surface area contributed by atoms with Crippen LogP contribution in [0.1, 0.15) is 18.2 Å². The van der Waals surface area contributed by atoms with Crippen LogP contribution in [0.15, 0.2) is 6.20 Å². The monoisotopic (exact) mass is 225 g/mol. The van der Waals surface area contributed by atoms with Crippen LogP contribution in [0.2, 0.25) is 0 Å². The number of rotatable bonds is 6. The van der Waals surface area contributed by atoms with Crippen molar-refractivity contribution >= 4 is 5.95 Å².